The van der Waals surface area contributed by atoms with Gasteiger partial charge in [0.15, 0.2) is 0 Å². The Hall–Kier alpha value is -1.26. The minimum absolute atomic E-state index is 0.0441. The molecule has 2 aliphatic rings. The molecule has 1 unspecified atom stereocenters. The van der Waals surface area contributed by atoms with Crippen molar-refractivity contribution in [2.24, 2.45) is 11.8 Å². The van der Waals surface area contributed by atoms with Crippen molar-refractivity contribution in [1.82, 2.24) is 10.2 Å². The lowest BCUT2D eigenvalue weighted by Crippen LogP contribution is -2.53. The van der Waals surface area contributed by atoms with E-state index < -0.39 is 12.1 Å². The summed E-state index contributed by atoms with van der Waals surface area (Å²) in [5.74, 6) is 0.781. The summed E-state index contributed by atoms with van der Waals surface area (Å²) in [5, 5.41) is 2.65. The maximum absolute atomic E-state index is 12.5. The molecule has 2 rings (SSSR count). The van der Waals surface area contributed by atoms with E-state index in [1.165, 1.54) is 13.5 Å². The summed E-state index contributed by atoms with van der Waals surface area (Å²) in [6, 6.07) is -0.0833. The highest BCUT2D eigenvalue weighted by molar-refractivity contribution is 5.86. The standard InChI is InChI=1S/C13H22N2O3/c1-8(2)11(14-13(17)18-3)12(16)15-7-9-4-5-10(15)6-9/h8-11H,4-7H2,1-3H3,(H,14,17)/t9-,10+,11?/m0/s1. The van der Waals surface area contributed by atoms with Crippen molar-refractivity contribution in [3.05, 3.63) is 0 Å². The highest BCUT2D eigenvalue weighted by Crippen LogP contribution is 2.37. The van der Waals surface area contributed by atoms with Crippen LogP contribution < -0.4 is 5.32 Å². The van der Waals surface area contributed by atoms with E-state index in [1.54, 1.807) is 0 Å². The summed E-state index contributed by atoms with van der Waals surface area (Å²) in [6.07, 6.45) is 2.95. The lowest BCUT2D eigenvalue weighted by molar-refractivity contribution is -0.136. The van der Waals surface area contributed by atoms with Crippen molar-refractivity contribution in [2.75, 3.05) is 13.7 Å². The molecular formula is C13H22N2O3. The number of piperidine rings is 1. The molecule has 0 spiro atoms. The second-order valence-electron chi connectivity index (χ2n) is 5.68. The maximum atomic E-state index is 12.5. The van der Waals surface area contributed by atoms with Gasteiger partial charge in [-0.2, -0.15) is 0 Å². The summed E-state index contributed by atoms with van der Waals surface area (Å²) in [7, 11) is 1.31. The van der Waals surface area contributed by atoms with Crippen molar-refractivity contribution in [2.45, 2.75) is 45.2 Å². The van der Waals surface area contributed by atoms with Crippen LogP contribution in [0.2, 0.25) is 0 Å². The van der Waals surface area contributed by atoms with Gasteiger partial charge in [-0.3, -0.25) is 4.79 Å². The average Bonchev–Trinajstić information content (AvgIpc) is 2.96. The number of carbonyl (C=O) groups excluding carboxylic acids is 2. The molecule has 1 N–H and O–H groups in total. The molecule has 102 valence electrons. The first kappa shape index (κ1) is 13.2. The molecule has 5 nitrogen and oxygen atoms in total. The Kier molecular flexibility index (Phi) is 3.78. The number of nitrogens with one attached hydrogen (secondary N) is 1. The number of ether oxygens (including phenoxy) is 1. The number of fused-ring (bicyclic) bond motifs is 2. The Morgan fingerprint density at radius 3 is 2.50 bits per heavy atom. The van der Waals surface area contributed by atoms with Crippen molar-refractivity contribution in [1.29, 1.82) is 0 Å². The zero-order valence-electron chi connectivity index (χ0n) is 11.3. The molecule has 0 radical (unpaired) electrons. The highest BCUT2D eigenvalue weighted by Gasteiger charge is 2.42. The fraction of sp³-hybridized carbons (Fsp3) is 0.846. The number of hydrogen-bond acceptors (Lipinski definition) is 3. The van der Waals surface area contributed by atoms with E-state index in [0.717, 1.165) is 19.4 Å². The van der Waals surface area contributed by atoms with E-state index in [1.807, 2.05) is 18.7 Å². The number of nitrogens with zero attached hydrogens (tertiary/aromatic N) is 1. The van der Waals surface area contributed by atoms with E-state index in [4.69, 9.17) is 0 Å². The molecule has 2 fully saturated rings. The Bertz CT molecular complexity index is 343. The van der Waals surface area contributed by atoms with Gasteiger partial charge in [0.1, 0.15) is 6.04 Å². The fourth-order valence-electron chi connectivity index (χ4n) is 3.07. The van der Waals surface area contributed by atoms with E-state index in [9.17, 15) is 9.59 Å². The molecule has 1 aliphatic carbocycles. The number of alkyl carbamates (subject to hydrolysis) is 1. The first-order valence-corrected chi connectivity index (χ1v) is 6.68. The third kappa shape index (κ3) is 2.44. The molecular weight excluding hydrogens is 232 g/mol. The molecule has 2 bridgehead atoms. The predicted molar refractivity (Wildman–Crippen MR) is 67.0 cm³/mol. The van der Waals surface area contributed by atoms with Gasteiger partial charge in [-0.1, -0.05) is 13.8 Å². The number of amides is 2. The number of rotatable bonds is 3. The van der Waals surface area contributed by atoms with Crippen LogP contribution in [0.5, 0.6) is 0 Å². The zero-order chi connectivity index (χ0) is 13.3. The number of methoxy groups -OCH3 is 1. The first-order chi connectivity index (χ1) is 8.52. The SMILES string of the molecule is COC(=O)NC(C(=O)N1C[C@H]2CC[C@@H]1C2)C(C)C. The van der Waals surface area contributed by atoms with Crippen LogP contribution in [0.25, 0.3) is 0 Å². The Labute approximate surface area is 108 Å². The quantitative estimate of drug-likeness (QED) is 0.827. The molecule has 2 amide bonds. The molecule has 1 heterocycles. The van der Waals surface area contributed by atoms with Gasteiger partial charge in [0.25, 0.3) is 0 Å². The highest BCUT2D eigenvalue weighted by atomic mass is 16.5. The minimum Gasteiger partial charge on any atom is -0.453 e. The molecule has 1 aliphatic heterocycles. The third-order valence-corrected chi connectivity index (χ3v) is 4.08. The van der Waals surface area contributed by atoms with E-state index >= 15 is 0 Å². The van der Waals surface area contributed by atoms with Gasteiger partial charge >= 0.3 is 6.09 Å². The van der Waals surface area contributed by atoms with Crippen LogP contribution in [0, 0.1) is 11.8 Å². The molecule has 0 aromatic rings. The summed E-state index contributed by atoms with van der Waals surface area (Å²) in [6.45, 7) is 4.73. The van der Waals surface area contributed by atoms with Gasteiger partial charge in [-0.25, -0.2) is 4.79 Å². The maximum Gasteiger partial charge on any atom is 0.407 e. The summed E-state index contributed by atoms with van der Waals surface area (Å²) >= 11 is 0. The summed E-state index contributed by atoms with van der Waals surface area (Å²) < 4.78 is 4.58. The molecule has 0 aromatic heterocycles. The van der Waals surface area contributed by atoms with Crippen LogP contribution in [0.1, 0.15) is 33.1 Å². The third-order valence-electron chi connectivity index (χ3n) is 4.08. The topological polar surface area (TPSA) is 58.6 Å². The minimum atomic E-state index is -0.536. The molecule has 5 heteroatoms. The van der Waals surface area contributed by atoms with Gasteiger partial charge in [-0.15, -0.1) is 0 Å². The van der Waals surface area contributed by atoms with Crippen LogP contribution in [-0.4, -0.2) is 42.6 Å². The Balaban J connectivity index is 2.02. The molecule has 1 saturated heterocycles. The number of carbonyl (C=O) groups is 2. The van der Waals surface area contributed by atoms with E-state index in [2.05, 4.69) is 10.1 Å². The van der Waals surface area contributed by atoms with Crippen LogP contribution >= 0.6 is 0 Å². The second-order valence-corrected chi connectivity index (χ2v) is 5.68. The summed E-state index contributed by atoms with van der Waals surface area (Å²) in [5.41, 5.74) is 0. The first-order valence-electron chi connectivity index (χ1n) is 6.68. The van der Waals surface area contributed by atoms with Gasteiger partial charge in [-0.05, 0) is 31.1 Å². The van der Waals surface area contributed by atoms with E-state index in [-0.39, 0.29) is 11.8 Å². The van der Waals surface area contributed by atoms with Crippen LogP contribution in [-0.2, 0) is 9.53 Å². The van der Waals surface area contributed by atoms with Crippen molar-refractivity contribution in [3.63, 3.8) is 0 Å². The second kappa shape index (κ2) is 5.16. The lowest BCUT2D eigenvalue weighted by Gasteiger charge is -2.32. The van der Waals surface area contributed by atoms with Gasteiger partial charge in [0, 0.05) is 12.6 Å². The molecule has 1 saturated carbocycles. The van der Waals surface area contributed by atoms with Crippen LogP contribution in [0.15, 0.2) is 0 Å². The molecule has 18 heavy (non-hydrogen) atoms. The largest absolute Gasteiger partial charge is 0.453 e. The lowest BCUT2D eigenvalue weighted by atomic mass is 10.0. The van der Waals surface area contributed by atoms with Crippen molar-refractivity contribution < 1.29 is 14.3 Å². The number of hydrogen-bond donors (Lipinski definition) is 1. The predicted octanol–water partition coefficient (Wildman–Crippen LogP) is 1.38. The molecule has 3 atom stereocenters. The van der Waals surface area contributed by atoms with Crippen LogP contribution in [0.3, 0.4) is 0 Å². The van der Waals surface area contributed by atoms with E-state index in [0.29, 0.717) is 12.0 Å². The van der Waals surface area contributed by atoms with Gasteiger partial charge in [0.05, 0.1) is 7.11 Å². The summed E-state index contributed by atoms with van der Waals surface area (Å²) in [4.78, 5) is 25.7. The normalized spacial score (nSPS) is 27.4. The monoisotopic (exact) mass is 254 g/mol. The number of likely N-dealkylation sites (tertiary alicyclic amines) is 1. The Morgan fingerprint density at radius 2 is 2.06 bits per heavy atom. The van der Waals surface area contributed by atoms with Crippen molar-refractivity contribution >= 4 is 12.0 Å². The zero-order valence-corrected chi connectivity index (χ0v) is 11.3. The molecule has 0 aromatic carbocycles. The van der Waals surface area contributed by atoms with Gasteiger partial charge < -0.3 is 15.0 Å². The fourth-order valence-corrected chi connectivity index (χ4v) is 3.07. The van der Waals surface area contributed by atoms with Crippen LogP contribution in [0.4, 0.5) is 4.79 Å². The van der Waals surface area contributed by atoms with Gasteiger partial charge in [0.2, 0.25) is 5.91 Å². The smallest absolute Gasteiger partial charge is 0.407 e. The van der Waals surface area contributed by atoms with Crippen molar-refractivity contribution in [3.8, 4) is 0 Å². The Morgan fingerprint density at radius 1 is 1.33 bits per heavy atom. The average molecular weight is 254 g/mol.